The monoisotopic (exact) mass is 209 g/mol. The van der Waals surface area contributed by atoms with Crippen LogP contribution >= 0.6 is 0 Å². The molecule has 1 amide bonds. The lowest BCUT2D eigenvalue weighted by Gasteiger charge is -2.05. The number of carbonyl (C=O) groups excluding carboxylic acids is 1. The summed E-state index contributed by atoms with van der Waals surface area (Å²) in [5, 5.41) is 2.47. The van der Waals surface area contributed by atoms with E-state index in [9.17, 15) is 4.79 Å². The van der Waals surface area contributed by atoms with Gasteiger partial charge in [0.2, 0.25) is 6.79 Å². The number of benzene rings is 1. The molecule has 0 fully saturated rings. The molecule has 1 aromatic rings. The van der Waals surface area contributed by atoms with E-state index in [1.165, 1.54) is 0 Å². The zero-order valence-corrected chi connectivity index (χ0v) is 8.28. The third-order valence-corrected chi connectivity index (χ3v) is 1.99. The van der Waals surface area contributed by atoms with E-state index in [0.717, 1.165) is 0 Å². The fraction of sp³-hybridized carbons (Fsp3) is 0.300. The van der Waals surface area contributed by atoms with Gasteiger partial charge in [-0.3, -0.25) is 4.79 Å². The summed E-state index contributed by atoms with van der Waals surface area (Å²) >= 11 is 0. The van der Waals surface area contributed by atoms with Crippen LogP contribution < -0.4 is 19.5 Å². The van der Waals surface area contributed by atoms with Crippen molar-refractivity contribution < 1.29 is 19.0 Å². The Labute approximate surface area is 86.9 Å². The molecule has 1 heterocycles. The molecule has 80 valence electrons. The Morgan fingerprint density at radius 2 is 2.27 bits per heavy atom. The molecule has 1 aromatic carbocycles. The predicted molar refractivity (Wildman–Crippen MR) is 52.1 cm³/mol. The van der Waals surface area contributed by atoms with E-state index in [0.29, 0.717) is 17.2 Å². The standard InChI is InChI=1S/C10H11NO4/c1-11-10(12)5-13-7-2-3-8-9(4-7)15-6-14-8/h2-4H,5-6H2,1H3,(H,11,12). The quantitative estimate of drug-likeness (QED) is 0.789. The minimum atomic E-state index is -0.173. The molecule has 1 N–H and O–H groups in total. The Morgan fingerprint density at radius 1 is 1.47 bits per heavy atom. The van der Waals surface area contributed by atoms with Gasteiger partial charge in [0, 0.05) is 13.1 Å². The number of likely N-dealkylation sites (N-methyl/N-ethyl adjacent to an activating group) is 1. The zero-order valence-electron chi connectivity index (χ0n) is 8.28. The predicted octanol–water partition coefficient (Wildman–Crippen LogP) is 0.540. The molecule has 0 atom stereocenters. The van der Waals surface area contributed by atoms with Crippen molar-refractivity contribution in [2.24, 2.45) is 0 Å². The van der Waals surface area contributed by atoms with Crippen LogP contribution in [0, 0.1) is 0 Å². The van der Waals surface area contributed by atoms with Crippen molar-refractivity contribution in [1.82, 2.24) is 5.32 Å². The maximum Gasteiger partial charge on any atom is 0.257 e. The topological polar surface area (TPSA) is 56.8 Å². The molecular weight excluding hydrogens is 198 g/mol. The summed E-state index contributed by atoms with van der Waals surface area (Å²) in [7, 11) is 1.56. The first kappa shape index (κ1) is 9.64. The van der Waals surface area contributed by atoms with E-state index >= 15 is 0 Å². The highest BCUT2D eigenvalue weighted by molar-refractivity contribution is 5.77. The molecule has 0 unspecified atom stereocenters. The second kappa shape index (κ2) is 4.08. The van der Waals surface area contributed by atoms with Gasteiger partial charge < -0.3 is 19.5 Å². The van der Waals surface area contributed by atoms with Crippen LogP contribution in [0.1, 0.15) is 0 Å². The van der Waals surface area contributed by atoms with Crippen LogP contribution in [-0.4, -0.2) is 26.4 Å². The van der Waals surface area contributed by atoms with Crippen molar-refractivity contribution in [2.75, 3.05) is 20.4 Å². The van der Waals surface area contributed by atoms with Gasteiger partial charge in [0.1, 0.15) is 5.75 Å². The van der Waals surface area contributed by atoms with E-state index in [2.05, 4.69) is 5.32 Å². The smallest absolute Gasteiger partial charge is 0.257 e. The van der Waals surface area contributed by atoms with Gasteiger partial charge in [-0.1, -0.05) is 0 Å². The minimum absolute atomic E-state index is 0.00383. The summed E-state index contributed by atoms with van der Waals surface area (Å²) in [5.74, 6) is 1.75. The molecule has 1 aliphatic rings. The van der Waals surface area contributed by atoms with Gasteiger partial charge in [-0.25, -0.2) is 0 Å². The highest BCUT2D eigenvalue weighted by Gasteiger charge is 2.13. The lowest BCUT2D eigenvalue weighted by Crippen LogP contribution is -2.24. The van der Waals surface area contributed by atoms with Gasteiger partial charge >= 0.3 is 0 Å². The van der Waals surface area contributed by atoms with Gasteiger partial charge in [0.25, 0.3) is 5.91 Å². The lowest BCUT2D eigenvalue weighted by atomic mass is 10.3. The number of carbonyl (C=O) groups is 1. The molecule has 5 nitrogen and oxygen atoms in total. The first-order valence-electron chi connectivity index (χ1n) is 4.52. The Morgan fingerprint density at radius 3 is 3.07 bits per heavy atom. The molecule has 0 bridgehead atoms. The summed E-state index contributed by atoms with van der Waals surface area (Å²) in [4.78, 5) is 10.9. The number of amides is 1. The molecule has 2 rings (SSSR count). The first-order valence-corrected chi connectivity index (χ1v) is 4.52. The van der Waals surface area contributed by atoms with Crippen LogP contribution in [0.25, 0.3) is 0 Å². The van der Waals surface area contributed by atoms with Crippen molar-refractivity contribution in [2.45, 2.75) is 0 Å². The van der Waals surface area contributed by atoms with Gasteiger partial charge in [-0.15, -0.1) is 0 Å². The van der Waals surface area contributed by atoms with Crippen LogP contribution in [0.15, 0.2) is 18.2 Å². The number of ether oxygens (including phenoxy) is 3. The summed E-state index contributed by atoms with van der Waals surface area (Å²) in [6.45, 7) is 0.227. The highest BCUT2D eigenvalue weighted by atomic mass is 16.7. The number of fused-ring (bicyclic) bond motifs is 1. The second-order valence-corrected chi connectivity index (χ2v) is 2.98. The maximum atomic E-state index is 10.9. The molecular formula is C10H11NO4. The van der Waals surface area contributed by atoms with Crippen LogP contribution in [0.5, 0.6) is 17.2 Å². The van der Waals surface area contributed by atoms with Crippen LogP contribution in [0.2, 0.25) is 0 Å². The number of rotatable bonds is 3. The zero-order chi connectivity index (χ0) is 10.7. The number of hydrogen-bond acceptors (Lipinski definition) is 4. The summed E-state index contributed by atoms with van der Waals surface area (Å²) < 4.78 is 15.5. The van der Waals surface area contributed by atoms with Crippen molar-refractivity contribution in [1.29, 1.82) is 0 Å². The SMILES string of the molecule is CNC(=O)COc1ccc2c(c1)OCO2. The van der Waals surface area contributed by atoms with E-state index in [1.807, 2.05) is 0 Å². The molecule has 0 aliphatic carbocycles. The lowest BCUT2D eigenvalue weighted by molar-refractivity contribution is -0.122. The van der Waals surface area contributed by atoms with Gasteiger partial charge in [-0.05, 0) is 12.1 Å². The van der Waals surface area contributed by atoms with Crippen LogP contribution in [0.3, 0.4) is 0 Å². The Hall–Kier alpha value is -1.91. The first-order chi connectivity index (χ1) is 7.29. The largest absolute Gasteiger partial charge is 0.484 e. The Bertz CT molecular complexity index is 378. The molecule has 0 aromatic heterocycles. The number of hydrogen-bond donors (Lipinski definition) is 1. The second-order valence-electron chi connectivity index (χ2n) is 2.98. The normalized spacial score (nSPS) is 12.3. The van der Waals surface area contributed by atoms with Crippen molar-refractivity contribution in [3.8, 4) is 17.2 Å². The molecule has 15 heavy (non-hydrogen) atoms. The maximum absolute atomic E-state index is 10.9. The van der Waals surface area contributed by atoms with Crippen molar-refractivity contribution in [3.05, 3.63) is 18.2 Å². The summed E-state index contributed by atoms with van der Waals surface area (Å²) in [6.07, 6.45) is 0. The van der Waals surface area contributed by atoms with E-state index in [-0.39, 0.29) is 19.3 Å². The molecule has 0 spiro atoms. The summed E-state index contributed by atoms with van der Waals surface area (Å²) in [6, 6.07) is 5.18. The molecule has 0 radical (unpaired) electrons. The molecule has 0 saturated carbocycles. The highest BCUT2D eigenvalue weighted by Crippen LogP contribution is 2.34. The average molecular weight is 209 g/mol. The van der Waals surface area contributed by atoms with E-state index in [1.54, 1.807) is 25.2 Å². The fourth-order valence-electron chi connectivity index (χ4n) is 1.19. The van der Waals surface area contributed by atoms with Crippen LogP contribution in [-0.2, 0) is 4.79 Å². The average Bonchev–Trinajstić information content (AvgIpc) is 2.72. The number of nitrogens with one attached hydrogen (secondary N) is 1. The summed E-state index contributed by atoms with van der Waals surface area (Å²) in [5.41, 5.74) is 0. The van der Waals surface area contributed by atoms with Crippen molar-refractivity contribution in [3.63, 3.8) is 0 Å². The Balaban J connectivity index is 2.01. The van der Waals surface area contributed by atoms with Crippen LogP contribution in [0.4, 0.5) is 0 Å². The van der Waals surface area contributed by atoms with Gasteiger partial charge in [0.15, 0.2) is 18.1 Å². The van der Waals surface area contributed by atoms with E-state index < -0.39 is 0 Å². The Kier molecular flexibility index (Phi) is 2.62. The molecule has 1 aliphatic heterocycles. The third kappa shape index (κ3) is 2.12. The van der Waals surface area contributed by atoms with Gasteiger partial charge in [-0.2, -0.15) is 0 Å². The van der Waals surface area contributed by atoms with Gasteiger partial charge in [0.05, 0.1) is 0 Å². The van der Waals surface area contributed by atoms with E-state index in [4.69, 9.17) is 14.2 Å². The third-order valence-electron chi connectivity index (χ3n) is 1.99. The molecule has 5 heteroatoms. The minimum Gasteiger partial charge on any atom is -0.484 e. The van der Waals surface area contributed by atoms with Crippen molar-refractivity contribution >= 4 is 5.91 Å². The fourth-order valence-corrected chi connectivity index (χ4v) is 1.19. The molecule has 0 saturated heterocycles.